The lowest BCUT2D eigenvalue weighted by Gasteiger charge is -2.25. The first-order valence-corrected chi connectivity index (χ1v) is 13.4. The number of hydrogen-bond acceptors (Lipinski definition) is 6. The molecule has 1 N–H and O–H groups in total. The number of aryl methyl sites for hydroxylation is 1. The van der Waals surface area contributed by atoms with E-state index in [1.54, 1.807) is 23.9 Å². The minimum Gasteiger partial charge on any atom is -0.494 e. The van der Waals surface area contributed by atoms with Gasteiger partial charge in [-0.05, 0) is 49.6 Å². The summed E-state index contributed by atoms with van der Waals surface area (Å²) in [6.45, 7) is 4.30. The first-order valence-electron chi connectivity index (χ1n) is 13.1. The summed E-state index contributed by atoms with van der Waals surface area (Å²) in [5.74, 6) is -4.31. The molecule has 9 nitrogen and oxygen atoms in total. The van der Waals surface area contributed by atoms with Gasteiger partial charge in [-0.2, -0.15) is 10.1 Å². The van der Waals surface area contributed by atoms with Gasteiger partial charge >= 0.3 is 0 Å². The molecular formula is C28H26ClF3N6O3. The van der Waals surface area contributed by atoms with Crippen molar-refractivity contribution >= 4 is 17.5 Å². The van der Waals surface area contributed by atoms with Crippen LogP contribution in [0.4, 0.5) is 13.2 Å². The highest BCUT2D eigenvalue weighted by Gasteiger charge is 2.35. The van der Waals surface area contributed by atoms with Gasteiger partial charge in [-0.1, -0.05) is 18.5 Å². The third-order valence-corrected chi connectivity index (χ3v) is 7.38. The fraction of sp³-hybridized carbons (Fsp3) is 0.321. The van der Waals surface area contributed by atoms with Crippen LogP contribution >= 0.6 is 11.6 Å². The van der Waals surface area contributed by atoms with Crippen LogP contribution in [0.2, 0.25) is 5.02 Å². The van der Waals surface area contributed by atoms with Gasteiger partial charge < -0.3 is 10.0 Å². The Morgan fingerprint density at radius 3 is 2.54 bits per heavy atom. The van der Waals surface area contributed by atoms with E-state index in [-0.39, 0.29) is 47.3 Å². The summed E-state index contributed by atoms with van der Waals surface area (Å²) in [6, 6.07) is 4.76. The van der Waals surface area contributed by atoms with E-state index in [1.807, 2.05) is 6.92 Å². The number of aromatic nitrogens is 5. The van der Waals surface area contributed by atoms with Gasteiger partial charge in [0.1, 0.15) is 23.1 Å². The van der Waals surface area contributed by atoms with Gasteiger partial charge in [0, 0.05) is 44.0 Å². The lowest BCUT2D eigenvalue weighted by Crippen LogP contribution is -2.35. The van der Waals surface area contributed by atoms with Gasteiger partial charge in [-0.25, -0.2) is 13.2 Å². The smallest absolute Gasteiger partial charge is 0.290 e. The van der Waals surface area contributed by atoms with Gasteiger partial charge in [0.2, 0.25) is 5.88 Å². The molecule has 0 aliphatic carbocycles. The molecule has 0 saturated carbocycles. The summed E-state index contributed by atoms with van der Waals surface area (Å²) in [7, 11) is 0. The average Bonchev–Trinajstić information content (AvgIpc) is 3.60. The number of carbonyl (C=O) groups is 1. The van der Waals surface area contributed by atoms with E-state index in [2.05, 4.69) is 15.1 Å². The molecule has 0 bridgehead atoms. The minimum atomic E-state index is -0.996. The maximum absolute atomic E-state index is 14.5. The quantitative estimate of drug-likeness (QED) is 0.329. The Kier molecular flexibility index (Phi) is 7.85. The molecule has 1 saturated heterocycles. The van der Waals surface area contributed by atoms with Crippen LogP contribution in [0.15, 0.2) is 47.5 Å². The Balaban J connectivity index is 1.60. The summed E-state index contributed by atoms with van der Waals surface area (Å²) in [6.07, 6.45) is 3.55. The third-order valence-electron chi connectivity index (χ3n) is 7.18. The second-order valence-electron chi connectivity index (χ2n) is 9.75. The fourth-order valence-corrected chi connectivity index (χ4v) is 5.37. The molecule has 5 rings (SSSR count). The van der Waals surface area contributed by atoms with Crippen LogP contribution < -0.4 is 5.56 Å². The van der Waals surface area contributed by atoms with Crippen LogP contribution in [0.1, 0.15) is 60.3 Å². The Bertz CT molecular complexity index is 1670. The molecule has 1 aromatic carbocycles. The third kappa shape index (κ3) is 5.43. The van der Waals surface area contributed by atoms with Crippen LogP contribution in [0.3, 0.4) is 0 Å². The molecule has 1 amide bonds. The largest absolute Gasteiger partial charge is 0.494 e. The number of carbonyl (C=O) groups excluding carboxylic acids is 1. The molecule has 2 atom stereocenters. The minimum absolute atomic E-state index is 0.0399. The van der Waals surface area contributed by atoms with Crippen LogP contribution in [0.5, 0.6) is 5.88 Å². The second-order valence-corrected chi connectivity index (χ2v) is 10.2. The van der Waals surface area contributed by atoms with E-state index < -0.39 is 52.3 Å². The lowest BCUT2D eigenvalue weighted by atomic mass is 10.0. The van der Waals surface area contributed by atoms with E-state index in [1.165, 1.54) is 15.7 Å². The molecule has 13 heteroatoms. The Morgan fingerprint density at radius 2 is 1.90 bits per heavy atom. The van der Waals surface area contributed by atoms with Crippen molar-refractivity contribution in [3.63, 3.8) is 0 Å². The molecule has 4 heterocycles. The molecule has 2 unspecified atom stereocenters. The van der Waals surface area contributed by atoms with Gasteiger partial charge in [-0.15, -0.1) is 0 Å². The summed E-state index contributed by atoms with van der Waals surface area (Å²) < 4.78 is 45.7. The van der Waals surface area contributed by atoms with E-state index in [0.717, 1.165) is 24.3 Å². The van der Waals surface area contributed by atoms with Gasteiger partial charge in [0.05, 0.1) is 16.8 Å². The van der Waals surface area contributed by atoms with Crippen molar-refractivity contribution in [2.75, 3.05) is 13.1 Å². The summed E-state index contributed by atoms with van der Waals surface area (Å²) in [5.41, 5.74) is -1.08. The Hall–Kier alpha value is -4.19. The topological polar surface area (TPSA) is 106 Å². The number of aromatic hydroxyl groups is 1. The Labute approximate surface area is 237 Å². The maximum atomic E-state index is 14.5. The van der Waals surface area contributed by atoms with Crippen molar-refractivity contribution in [3.05, 3.63) is 92.4 Å². The van der Waals surface area contributed by atoms with Gasteiger partial charge in [0.15, 0.2) is 11.4 Å². The number of likely N-dealkylation sites (tertiary alicyclic amines) is 1. The van der Waals surface area contributed by atoms with Crippen molar-refractivity contribution in [2.45, 2.75) is 45.2 Å². The zero-order valence-electron chi connectivity index (χ0n) is 22.2. The van der Waals surface area contributed by atoms with Crippen LogP contribution in [-0.4, -0.2) is 53.3 Å². The van der Waals surface area contributed by atoms with Crippen LogP contribution in [0, 0.1) is 17.5 Å². The van der Waals surface area contributed by atoms with Crippen molar-refractivity contribution < 1.29 is 23.1 Å². The molecule has 41 heavy (non-hydrogen) atoms. The average molecular weight is 587 g/mol. The number of nitrogens with zero attached hydrogens (tertiary/aromatic N) is 6. The van der Waals surface area contributed by atoms with Crippen molar-refractivity contribution in [2.24, 2.45) is 0 Å². The van der Waals surface area contributed by atoms with Crippen molar-refractivity contribution in [1.29, 1.82) is 0 Å². The standard InChI is InChI=1S/C28H26ClF3N6O3/c1-3-22(16-9-18(30)12-19(31)10-16)38-25(21-6-8-37(4-2)35-21)34-26(39)23(28(38)41)27(40)36-7-5-15(14-36)24-20(32)11-17(29)13-33-24/h6,8-13,15,22,41H,3-5,7,14H2,1-2H3. The summed E-state index contributed by atoms with van der Waals surface area (Å²) in [4.78, 5) is 36.5. The molecule has 1 fully saturated rings. The monoisotopic (exact) mass is 586 g/mol. The molecular weight excluding hydrogens is 561 g/mol. The van der Waals surface area contributed by atoms with Gasteiger partial charge in [0.25, 0.3) is 11.5 Å². The van der Waals surface area contributed by atoms with Crippen LogP contribution in [0.25, 0.3) is 11.5 Å². The van der Waals surface area contributed by atoms with Crippen molar-refractivity contribution in [3.8, 4) is 17.4 Å². The number of pyridine rings is 1. The van der Waals surface area contributed by atoms with Crippen LogP contribution in [-0.2, 0) is 6.54 Å². The maximum Gasteiger partial charge on any atom is 0.290 e. The predicted molar refractivity (Wildman–Crippen MR) is 144 cm³/mol. The zero-order valence-corrected chi connectivity index (χ0v) is 22.9. The number of rotatable bonds is 7. The fourth-order valence-electron chi connectivity index (χ4n) is 5.23. The highest BCUT2D eigenvalue weighted by molar-refractivity contribution is 6.30. The number of halogens is 4. The zero-order chi connectivity index (χ0) is 29.4. The number of hydrogen-bond donors (Lipinski definition) is 1. The molecule has 1 aliphatic heterocycles. The van der Waals surface area contributed by atoms with E-state index in [9.17, 15) is 27.9 Å². The molecule has 0 spiro atoms. The van der Waals surface area contributed by atoms with E-state index >= 15 is 0 Å². The summed E-state index contributed by atoms with van der Waals surface area (Å²) in [5, 5.41) is 16.1. The molecule has 1 aliphatic rings. The van der Waals surface area contributed by atoms with Gasteiger partial charge in [-0.3, -0.25) is 23.8 Å². The molecule has 0 radical (unpaired) electrons. The summed E-state index contributed by atoms with van der Waals surface area (Å²) >= 11 is 5.81. The van der Waals surface area contributed by atoms with E-state index in [0.29, 0.717) is 13.0 Å². The lowest BCUT2D eigenvalue weighted by molar-refractivity contribution is 0.0783. The molecule has 4 aromatic rings. The molecule has 214 valence electrons. The predicted octanol–water partition coefficient (Wildman–Crippen LogP) is 4.93. The van der Waals surface area contributed by atoms with Crippen molar-refractivity contribution in [1.82, 2.24) is 29.2 Å². The van der Waals surface area contributed by atoms with E-state index in [4.69, 9.17) is 11.6 Å². The first-order chi connectivity index (χ1) is 19.6. The highest BCUT2D eigenvalue weighted by atomic mass is 35.5. The SMILES string of the molecule is CCC(c1cc(F)cc(F)c1)n1c(-c2ccn(CC)n2)nc(=O)c(C(=O)N2CCC(c3ncc(Cl)cc3F)C2)c1O. The Morgan fingerprint density at radius 1 is 1.17 bits per heavy atom. The number of benzene rings is 1. The molecule has 3 aromatic heterocycles. The normalized spacial score (nSPS) is 15.9. The first kappa shape index (κ1) is 28.3. The highest BCUT2D eigenvalue weighted by Crippen LogP contribution is 2.35. The second kappa shape index (κ2) is 11.4. The number of amides is 1.